The quantitative estimate of drug-likeness (QED) is 0.670. The zero-order valence-corrected chi connectivity index (χ0v) is 9.03. The van der Waals surface area contributed by atoms with Crippen LogP contribution in [0.2, 0.25) is 0 Å². The van der Waals surface area contributed by atoms with Crippen LogP contribution in [0.5, 0.6) is 0 Å². The minimum absolute atomic E-state index is 1.01. The lowest BCUT2D eigenvalue weighted by atomic mass is 10.2. The molecule has 2 rings (SSSR count). The first-order valence-corrected chi connectivity index (χ1v) is 5.38. The normalized spacial score (nSPS) is 10.3. The summed E-state index contributed by atoms with van der Waals surface area (Å²) >= 11 is 6.07. The molecular weight excluding hydrogens is 196 g/mol. The lowest BCUT2D eigenvalue weighted by Gasteiger charge is -1.96. The van der Waals surface area contributed by atoms with Gasteiger partial charge >= 0.3 is 0 Å². The number of hydrogen-bond acceptors (Lipinski definition) is 2. The number of thiophene rings is 1. The lowest BCUT2D eigenvalue weighted by Crippen LogP contribution is -1.70. The van der Waals surface area contributed by atoms with Crippen molar-refractivity contribution in [3.05, 3.63) is 41.3 Å². The Morgan fingerprint density at radius 1 is 1.00 bits per heavy atom. The average Bonchev–Trinajstić information content (AvgIpc) is 2.53. The summed E-state index contributed by atoms with van der Waals surface area (Å²) in [6.45, 7) is 2.13. The van der Waals surface area contributed by atoms with Crippen LogP contribution in [0.15, 0.2) is 41.3 Å². The third kappa shape index (κ3) is 1.95. The fourth-order valence-electron chi connectivity index (χ4n) is 1.22. The summed E-state index contributed by atoms with van der Waals surface area (Å²) in [5.41, 5.74) is 1.27. The predicted molar refractivity (Wildman–Crippen MR) is 61.7 cm³/mol. The monoisotopic (exact) mass is 206 g/mol. The van der Waals surface area contributed by atoms with E-state index >= 15 is 0 Å². The topological polar surface area (TPSA) is 0 Å². The van der Waals surface area contributed by atoms with Crippen LogP contribution in [0.1, 0.15) is 4.88 Å². The van der Waals surface area contributed by atoms with Crippen molar-refractivity contribution in [3.63, 3.8) is 0 Å². The van der Waals surface area contributed by atoms with Gasteiger partial charge in [-0.1, -0.05) is 12.1 Å². The molecule has 1 aromatic carbocycles. The molecule has 0 bridgehead atoms. The van der Waals surface area contributed by atoms with Crippen LogP contribution >= 0.6 is 24.0 Å². The smallest absolute Gasteiger partial charge is 0.0345 e. The second kappa shape index (κ2) is 3.56. The van der Waals surface area contributed by atoms with Crippen molar-refractivity contribution in [1.82, 2.24) is 0 Å². The van der Waals surface area contributed by atoms with Crippen LogP contribution in [-0.4, -0.2) is 0 Å². The molecule has 0 aliphatic carbocycles. The van der Waals surface area contributed by atoms with Gasteiger partial charge in [-0.05, 0) is 36.8 Å². The maximum atomic E-state index is 4.25. The fourth-order valence-corrected chi connectivity index (χ4v) is 2.24. The fraction of sp³-hybridized carbons (Fsp3) is 0.0909. The standard InChI is InChI=1S/C11H10S2/c1-8-2-7-11(13-8)9-3-5-10(12)6-4-9/h2-7,12H,1H3. The molecule has 0 radical (unpaired) electrons. The van der Waals surface area contributed by atoms with Crippen LogP contribution < -0.4 is 0 Å². The van der Waals surface area contributed by atoms with Gasteiger partial charge in [0.25, 0.3) is 0 Å². The Balaban J connectivity index is 2.41. The molecule has 0 fully saturated rings. The molecule has 0 spiro atoms. The number of aryl methyl sites for hydroxylation is 1. The third-order valence-corrected chi connectivity index (χ3v) is 3.24. The molecule has 0 atom stereocenters. The van der Waals surface area contributed by atoms with Crippen molar-refractivity contribution in [2.24, 2.45) is 0 Å². The SMILES string of the molecule is Cc1ccc(-c2ccc(S)cc2)s1. The van der Waals surface area contributed by atoms with E-state index in [9.17, 15) is 0 Å². The Bertz CT molecular complexity index is 398. The number of benzene rings is 1. The molecule has 0 amide bonds. The van der Waals surface area contributed by atoms with Crippen molar-refractivity contribution in [1.29, 1.82) is 0 Å². The van der Waals surface area contributed by atoms with Gasteiger partial charge in [-0.2, -0.15) is 0 Å². The summed E-state index contributed by atoms with van der Waals surface area (Å²) in [6.07, 6.45) is 0. The third-order valence-electron chi connectivity index (χ3n) is 1.89. The van der Waals surface area contributed by atoms with Crippen molar-refractivity contribution >= 4 is 24.0 Å². The second-order valence-electron chi connectivity index (χ2n) is 2.96. The number of rotatable bonds is 1. The van der Waals surface area contributed by atoms with Gasteiger partial charge in [0.05, 0.1) is 0 Å². The largest absolute Gasteiger partial charge is 0.143 e. The minimum atomic E-state index is 1.01. The van der Waals surface area contributed by atoms with Crippen LogP contribution in [0.4, 0.5) is 0 Å². The lowest BCUT2D eigenvalue weighted by molar-refractivity contribution is 1.48. The van der Waals surface area contributed by atoms with Crippen molar-refractivity contribution < 1.29 is 0 Å². The Morgan fingerprint density at radius 2 is 1.69 bits per heavy atom. The maximum Gasteiger partial charge on any atom is 0.0345 e. The van der Waals surface area contributed by atoms with Gasteiger partial charge in [0.15, 0.2) is 0 Å². The number of thiol groups is 1. The molecule has 13 heavy (non-hydrogen) atoms. The van der Waals surface area contributed by atoms with Crippen LogP contribution in [0, 0.1) is 6.92 Å². The van der Waals surface area contributed by atoms with E-state index in [4.69, 9.17) is 0 Å². The van der Waals surface area contributed by atoms with Crippen LogP contribution in [-0.2, 0) is 0 Å². The van der Waals surface area contributed by atoms with E-state index in [1.165, 1.54) is 15.3 Å². The van der Waals surface area contributed by atoms with E-state index in [0.717, 1.165) is 4.90 Å². The molecule has 0 aliphatic rings. The molecule has 2 aromatic rings. The van der Waals surface area contributed by atoms with Gasteiger partial charge in [0.2, 0.25) is 0 Å². The average molecular weight is 206 g/mol. The highest BCUT2D eigenvalue weighted by molar-refractivity contribution is 7.80. The second-order valence-corrected chi connectivity index (χ2v) is 4.76. The molecule has 1 aromatic heterocycles. The van der Waals surface area contributed by atoms with E-state index < -0.39 is 0 Å². The zero-order valence-electron chi connectivity index (χ0n) is 7.32. The molecule has 0 saturated heterocycles. The number of hydrogen-bond donors (Lipinski definition) is 1. The maximum absolute atomic E-state index is 4.25. The summed E-state index contributed by atoms with van der Waals surface area (Å²) in [5.74, 6) is 0. The molecule has 2 heteroatoms. The van der Waals surface area contributed by atoms with Gasteiger partial charge in [-0.3, -0.25) is 0 Å². The predicted octanol–water partition coefficient (Wildman–Crippen LogP) is 4.01. The Labute approximate surface area is 87.6 Å². The van der Waals surface area contributed by atoms with Gasteiger partial charge in [-0.15, -0.1) is 24.0 Å². The van der Waals surface area contributed by atoms with E-state index in [2.05, 4.69) is 43.8 Å². The molecular formula is C11H10S2. The van der Waals surface area contributed by atoms with E-state index in [0.29, 0.717) is 0 Å². The van der Waals surface area contributed by atoms with Gasteiger partial charge in [-0.25, -0.2) is 0 Å². The molecule has 1 heterocycles. The highest BCUT2D eigenvalue weighted by Crippen LogP contribution is 2.27. The minimum Gasteiger partial charge on any atom is -0.143 e. The van der Waals surface area contributed by atoms with Crippen LogP contribution in [0.25, 0.3) is 10.4 Å². The van der Waals surface area contributed by atoms with Crippen LogP contribution in [0.3, 0.4) is 0 Å². The van der Waals surface area contributed by atoms with Gasteiger partial charge in [0.1, 0.15) is 0 Å². The van der Waals surface area contributed by atoms with E-state index in [-0.39, 0.29) is 0 Å². The molecule has 0 N–H and O–H groups in total. The summed E-state index contributed by atoms with van der Waals surface area (Å²) in [5, 5.41) is 0. The zero-order chi connectivity index (χ0) is 9.26. The van der Waals surface area contributed by atoms with E-state index in [1.54, 1.807) is 0 Å². The summed E-state index contributed by atoms with van der Waals surface area (Å²) < 4.78 is 0. The molecule has 0 nitrogen and oxygen atoms in total. The first kappa shape index (κ1) is 8.85. The molecule has 66 valence electrons. The van der Waals surface area contributed by atoms with Gasteiger partial charge in [0, 0.05) is 14.6 Å². The van der Waals surface area contributed by atoms with Crippen molar-refractivity contribution in [3.8, 4) is 10.4 Å². The Kier molecular flexibility index (Phi) is 2.42. The van der Waals surface area contributed by atoms with Crippen molar-refractivity contribution in [2.75, 3.05) is 0 Å². The van der Waals surface area contributed by atoms with Gasteiger partial charge < -0.3 is 0 Å². The first-order valence-electron chi connectivity index (χ1n) is 4.11. The highest BCUT2D eigenvalue weighted by Gasteiger charge is 1.99. The molecule has 0 unspecified atom stereocenters. The Hall–Kier alpha value is -0.730. The summed E-state index contributed by atoms with van der Waals surface area (Å²) in [7, 11) is 0. The molecule has 0 aliphatic heterocycles. The van der Waals surface area contributed by atoms with Crippen molar-refractivity contribution in [2.45, 2.75) is 11.8 Å². The summed E-state index contributed by atoms with van der Waals surface area (Å²) in [4.78, 5) is 3.69. The highest BCUT2D eigenvalue weighted by atomic mass is 32.1. The summed E-state index contributed by atoms with van der Waals surface area (Å²) in [6, 6.07) is 12.6. The van der Waals surface area contributed by atoms with E-state index in [1.807, 2.05) is 23.5 Å². The first-order chi connectivity index (χ1) is 6.25. The Morgan fingerprint density at radius 3 is 2.23 bits per heavy atom. The molecule has 0 saturated carbocycles.